The Morgan fingerprint density at radius 2 is 2.06 bits per heavy atom. The van der Waals surface area contributed by atoms with Gasteiger partial charge in [0.2, 0.25) is 5.16 Å². The van der Waals surface area contributed by atoms with Crippen LogP contribution in [0, 0.1) is 5.92 Å². The molecule has 4 nitrogen and oxygen atoms in total. The number of nitrogens with zero attached hydrogens (tertiary/aromatic N) is 4. The maximum Gasteiger partial charge on any atom is 0.208 e. The highest BCUT2D eigenvalue weighted by atomic mass is 32.2. The molecule has 1 saturated carbocycles. The second-order valence-corrected chi connectivity index (χ2v) is 5.13. The van der Waals surface area contributed by atoms with E-state index in [0.29, 0.717) is 6.04 Å². The quantitative estimate of drug-likeness (QED) is 0.757. The number of fused-ring (bicyclic) bond motifs is 1. The molecule has 3 atom stereocenters. The SMILES string of the molecule is CC.CSc1ncc(N2C(C)CC3CC32)nn1. The topological polar surface area (TPSA) is 41.9 Å². The maximum atomic E-state index is 4.28. The molecule has 94 valence electrons. The van der Waals surface area contributed by atoms with E-state index in [1.165, 1.54) is 24.6 Å². The smallest absolute Gasteiger partial charge is 0.208 e. The van der Waals surface area contributed by atoms with Crippen LogP contribution in [0.1, 0.15) is 33.6 Å². The van der Waals surface area contributed by atoms with Crippen molar-refractivity contribution in [1.82, 2.24) is 15.2 Å². The van der Waals surface area contributed by atoms with Gasteiger partial charge in [-0.25, -0.2) is 4.98 Å². The van der Waals surface area contributed by atoms with E-state index < -0.39 is 0 Å². The summed E-state index contributed by atoms with van der Waals surface area (Å²) in [5.41, 5.74) is 0. The van der Waals surface area contributed by atoms with Crippen LogP contribution >= 0.6 is 11.8 Å². The molecule has 0 radical (unpaired) electrons. The van der Waals surface area contributed by atoms with Gasteiger partial charge in [0.05, 0.1) is 6.20 Å². The van der Waals surface area contributed by atoms with E-state index in [4.69, 9.17) is 0 Å². The molecule has 0 amide bonds. The van der Waals surface area contributed by atoms with E-state index >= 15 is 0 Å². The van der Waals surface area contributed by atoms with Crippen molar-refractivity contribution in [3.63, 3.8) is 0 Å². The monoisotopic (exact) mass is 252 g/mol. The Bertz CT molecular complexity index is 365. The summed E-state index contributed by atoms with van der Waals surface area (Å²) in [5, 5.41) is 9.09. The van der Waals surface area contributed by atoms with Crippen LogP contribution in [0.3, 0.4) is 0 Å². The molecule has 1 aromatic heterocycles. The van der Waals surface area contributed by atoms with Crippen molar-refractivity contribution in [1.29, 1.82) is 0 Å². The summed E-state index contributed by atoms with van der Waals surface area (Å²) >= 11 is 1.53. The fraction of sp³-hybridized carbons (Fsp3) is 0.750. The lowest BCUT2D eigenvalue weighted by Gasteiger charge is -2.24. The third-order valence-electron chi connectivity index (χ3n) is 3.34. The summed E-state index contributed by atoms with van der Waals surface area (Å²) in [4.78, 5) is 6.66. The van der Waals surface area contributed by atoms with Gasteiger partial charge in [0.1, 0.15) is 0 Å². The molecule has 1 aliphatic carbocycles. The van der Waals surface area contributed by atoms with E-state index in [-0.39, 0.29) is 0 Å². The molecule has 0 spiro atoms. The Balaban J connectivity index is 0.000000514. The van der Waals surface area contributed by atoms with Crippen molar-refractivity contribution in [2.45, 2.75) is 50.9 Å². The normalized spacial score (nSPS) is 29.4. The van der Waals surface area contributed by atoms with E-state index in [9.17, 15) is 0 Å². The highest BCUT2D eigenvalue weighted by molar-refractivity contribution is 7.98. The number of piperidine rings is 1. The van der Waals surface area contributed by atoms with Gasteiger partial charge in [-0.1, -0.05) is 25.6 Å². The van der Waals surface area contributed by atoms with Gasteiger partial charge in [0, 0.05) is 12.1 Å². The highest BCUT2D eigenvalue weighted by Gasteiger charge is 2.51. The summed E-state index contributed by atoms with van der Waals surface area (Å²) in [6, 6.07) is 1.32. The van der Waals surface area contributed by atoms with Crippen molar-refractivity contribution in [2.24, 2.45) is 5.92 Å². The predicted octanol–water partition coefficient (Wildman–Crippen LogP) is 2.61. The first-order valence-electron chi connectivity index (χ1n) is 6.31. The molecule has 3 rings (SSSR count). The molecule has 0 N–H and O–H groups in total. The standard InChI is InChI=1S/C10H14N4S.C2H6/c1-6-3-7-4-8(7)14(6)9-5-11-10(15-2)13-12-9;1-2/h5-8H,3-4H2,1-2H3;1-2H3. The molecule has 1 saturated heterocycles. The van der Waals surface area contributed by atoms with Crippen LogP contribution < -0.4 is 4.90 Å². The Kier molecular flexibility index (Phi) is 3.86. The summed E-state index contributed by atoms with van der Waals surface area (Å²) in [7, 11) is 0. The van der Waals surface area contributed by atoms with Gasteiger partial charge in [0.25, 0.3) is 0 Å². The molecule has 17 heavy (non-hydrogen) atoms. The summed E-state index contributed by atoms with van der Waals surface area (Å²) in [6.45, 7) is 6.26. The second-order valence-electron chi connectivity index (χ2n) is 4.36. The Labute approximate surface area is 107 Å². The van der Waals surface area contributed by atoms with E-state index in [0.717, 1.165) is 22.9 Å². The third-order valence-corrected chi connectivity index (χ3v) is 3.89. The largest absolute Gasteiger partial charge is 0.348 e. The van der Waals surface area contributed by atoms with Crippen LogP contribution in [-0.2, 0) is 0 Å². The molecule has 2 heterocycles. The van der Waals surface area contributed by atoms with Gasteiger partial charge in [-0.3, -0.25) is 0 Å². The second kappa shape index (κ2) is 5.21. The Morgan fingerprint density at radius 1 is 1.29 bits per heavy atom. The average molecular weight is 252 g/mol. The van der Waals surface area contributed by atoms with Crippen LogP contribution in [0.2, 0.25) is 0 Å². The minimum atomic E-state index is 0.602. The van der Waals surface area contributed by atoms with Crippen molar-refractivity contribution >= 4 is 17.6 Å². The number of rotatable bonds is 2. The fourth-order valence-electron chi connectivity index (χ4n) is 2.57. The molecule has 0 aromatic carbocycles. The fourth-order valence-corrected chi connectivity index (χ4v) is 2.85. The maximum absolute atomic E-state index is 4.28. The first-order chi connectivity index (χ1) is 8.29. The van der Waals surface area contributed by atoms with Crippen LogP contribution in [0.4, 0.5) is 5.82 Å². The lowest BCUT2D eigenvalue weighted by Crippen LogP contribution is -2.31. The van der Waals surface area contributed by atoms with E-state index in [1.54, 1.807) is 0 Å². The number of anilines is 1. The van der Waals surface area contributed by atoms with Crippen molar-refractivity contribution in [3.05, 3.63) is 6.20 Å². The molecular weight excluding hydrogens is 232 g/mol. The van der Waals surface area contributed by atoms with Gasteiger partial charge in [-0.15, -0.1) is 10.2 Å². The van der Waals surface area contributed by atoms with Gasteiger partial charge >= 0.3 is 0 Å². The van der Waals surface area contributed by atoms with Crippen LogP contribution in [-0.4, -0.2) is 33.5 Å². The Morgan fingerprint density at radius 3 is 2.53 bits per heavy atom. The van der Waals surface area contributed by atoms with Gasteiger partial charge in [-0.2, -0.15) is 0 Å². The molecule has 1 aromatic rings. The van der Waals surface area contributed by atoms with Crippen molar-refractivity contribution in [2.75, 3.05) is 11.2 Å². The zero-order valence-corrected chi connectivity index (χ0v) is 11.7. The summed E-state index contributed by atoms with van der Waals surface area (Å²) in [5.74, 6) is 1.85. The minimum Gasteiger partial charge on any atom is -0.348 e. The van der Waals surface area contributed by atoms with Crippen molar-refractivity contribution < 1.29 is 0 Å². The van der Waals surface area contributed by atoms with Crippen molar-refractivity contribution in [3.8, 4) is 0 Å². The summed E-state index contributed by atoms with van der Waals surface area (Å²) < 4.78 is 0. The molecule has 3 unspecified atom stereocenters. The molecular formula is C12H20N4S. The first-order valence-corrected chi connectivity index (χ1v) is 7.54. The lowest BCUT2D eigenvalue weighted by atomic mass is 10.2. The number of aromatic nitrogens is 3. The van der Waals surface area contributed by atoms with Crippen LogP contribution in [0.5, 0.6) is 0 Å². The average Bonchev–Trinajstić information content (AvgIpc) is 3.05. The van der Waals surface area contributed by atoms with E-state index in [2.05, 4.69) is 27.0 Å². The zero-order valence-electron chi connectivity index (χ0n) is 10.9. The first kappa shape index (κ1) is 12.6. The highest BCUT2D eigenvalue weighted by Crippen LogP contribution is 2.48. The van der Waals surface area contributed by atoms with E-state index in [1.807, 2.05) is 26.3 Å². The predicted molar refractivity (Wildman–Crippen MR) is 71.4 cm³/mol. The molecule has 2 aliphatic rings. The molecule has 5 heteroatoms. The van der Waals surface area contributed by atoms with Crippen LogP contribution in [0.15, 0.2) is 11.4 Å². The summed E-state index contributed by atoms with van der Waals surface area (Å²) in [6.07, 6.45) is 6.45. The van der Waals surface area contributed by atoms with Gasteiger partial charge in [0.15, 0.2) is 5.82 Å². The number of hydrogen-bond acceptors (Lipinski definition) is 5. The van der Waals surface area contributed by atoms with Gasteiger partial charge < -0.3 is 4.90 Å². The van der Waals surface area contributed by atoms with Gasteiger partial charge in [-0.05, 0) is 31.9 Å². The Hall–Kier alpha value is -0.840. The number of hydrogen-bond donors (Lipinski definition) is 0. The van der Waals surface area contributed by atoms with Crippen LogP contribution in [0.25, 0.3) is 0 Å². The molecule has 0 bridgehead atoms. The zero-order chi connectivity index (χ0) is 12.4. The third kappa shape index (κ3) is 2.39. The molecule has 1 aliphatic heterocycles. The molecule has 2 fully saturated rings. The lowest BCUT2D eigenvalue weighted by molar-refractivity contribution is 0.631. The minimum absolute atomic E-state index is 0.602. The number of thioether (sulfide) groups is 1.